The molecule has 0 unspecified atom stereocenters. The van der Waals surface area contributed by atoms with Gasteiger partial charge in [0, 0.05) is 10.0 Å². The molecule has 2 aromatic rings. The first-order chi connectivity index (χ1) is 11.5. The summed E-state index contributed by atoms with van der Waals surface area (Å²) < 4.78 is 5.04. The summed E-state index contributed by atoms with van der Waals surface area (Å²) in [7, 11) is 0. The lowest BCUT2D eigenvalue weighted by atomic mass is 10.1. The molecule has 0 saturated carbocycles. The topological polar surface area (TPSA) is 70.4 Å². The Bertz CT molecular complexity index is 897. The summed E-state index contributed by atoms with van der Waals surface area (Å²) in [6, 6.07) is 14.3. The van der Waals surface area contributed by atoms with Crippen molar-refractivity contribution in [2.45, 2.75) is 0 Å². The Morgan fingerprint density at radius 2 is 1.50 bits per heavy atom. The van der Waals surface area contributed by atoms with Crippen LogP contribution in [0.1, 0.15) is 5.56 Å². The SMILES string of the molecule is N#C/C(=C1\OC(=O)N(c2ccc(Cl)cc2)C1=O)c1ccc(Cl)cc1. The standard InChI is InChI=1S/C17H8Cl2N2O3/c18-11-3-1-10(2-4-11)14(9-20)15-16(22)21(17(23)24-15)13-7-5-12(19)6-8-13/h1-8H/b15-14+. The molecule has 5 nitrogen and oxygen atoms in total. The Morgan fingerprint density at radius 3 is 2.04 bits per heavy atom. The largest absolute Gasteiger partial charge is 0.427 e. The van der Waals surface area contributed by atoms with Gasteiger partial charge in [0.25, 0.3) is 0 Å². The van der Waals surface area contributed by atoms with E-state index in [1.807, 2.05) is 6.07 Å². The van der Waals surface area contributed by atoms with Crippen LogP contribution in [0.2, 0.25) is 10.0 Å². The van der Waals surface area contributed by atoms with Gasteiger partial charge in [-0.05, 0) is 42.0 Å². The number of hydrogen-bond acceptors (Lipinski definition) is 4. The molecule has 0 radical (unpaired) electrons. The first kappa shape index (κ1) is 16.1. The summed E-state index contributed by atoms with van der Waals surface area (Å²) in [6.07, 6.45) is -0.876. The van der Waals surface area contributed by atoms with Crippen molar-refractivity contribution in [1.82, 2.24) is 0 Å². The van der Waals surface area contributed by atoms with E-state index in [0.717, 1.165) is 4.90 Å². The molecular formula is C17H8Cl2N2O3. The summed E-state index contributed by atoms with van der Waals surface area (Å²) in [6.45, 7) is 0. The van der Waals surface area contributed by atoms with Crippen molar-refractivity contribution in [3.63, 3.8) is 0 Å². The molecule has 24 heavy (non-hydrogen) atoms. The van der Waals surface area contributed by atoms with Crippen LogP contribution in [-0.4, -0.2) is 12.0 Å². The Balaban J connectivity index is 2.05. The average Bonchev–Trinajstić information content (AvgIpc) is 2.86. The molecule has 1 aliphatic heterocycles. The number of carbonyl (C=O) groups excluding carboxylic acids is 2. The summed E-state index contributed by atoms with van der Waals surface area (Å²) in [5.74, 6) is -1.03. The van der Waals surface area contributed by atoms with Crippen molar-refractivity contribution in [2.75, 3.05) is 4.90 Å². The molecule has 0 bridgehead atoms. The maximum Gasteiger partial charge on any atom is 0.427 e. The third kappa shape index (κ3) is 2.85. The monoisotopic (exact) mass is 358 g/mol. The summed E-state index contributed by atoms with van der Waals surface area (Å²) in [4.78, 5) is 25.5. The number of rotatable bonds is 2. The predicted octanol–water partition coefficient (Wildman–Crippen LogP) is 4.41. The van der Waals surface area contributed by atoms with Gasteiger partial charge in [-0.15, -0.1) is 0 Å². The number of ether oxygens (including phenoxy) is 1. The number of carbonyl (C=O) groups is 2. The average molecular weight is 359 g/mol. The number of hydrogen-bond donors (Lipinski definition) is 0. The van der Waals surface area contributed by atoms with E-state index in [1.165, 1.54) is 12.1 Å². The van der Waals surface area contributed by atoms with Gasteiger partial charge in [0.2, 0.25) is 5.76 Å². The number of imide groups is 1. The minimum absolute atomic E-state index is 0.0403. The number of cyclic esters (lactones) is 1. The molecular weight excluding hydrogens is 351 g/mol. The Kier molecular flexibility index (Phi) is 4.26. The highest BCUT2D eigenvalue weighted by atomic mass is 35.5. The third-order valence-corrected chi connectivity index (χ3v) is 3.83. The molecule has 0 spiro atoms. The fourth-order valence-corrected chi connectivity index (χ4v) is 2.45. The van der Waals surface area contributed by atoms with E-state index in [4.69, 9.17) is 27.9 Å². The first-order valence-corrected chi connectivity index (χ1v) is 7.49. The second-order valence-corrected chi connectivity index (χ2v) is 5.68. The van der Waals surface area contributed by atoms with Crippen LogP contribution in [-0.2, 0) is 9.53 Å². The zero-order valence-electron chi connectivity index (χ0n) is 12.0. The lowest BCUT2D eigenvalue weighted by Crippen LogP contribution is -2.28. The van der Waals surface area contributed by atoms with Gasteiger partial charge < -0.3 is 4.74 Å². The summed E-state index contributed by atoms with van der Waals surface area (Å²) in [5, 5.41) is 10.3. The molecule has 118 valence electrons. The van der Waals surface area contributed by atoms with Crippen LogP contribution >= 0.6 is 23.2 Å². The maximum atomic E-state index is 12.6. The number of allylic oxidation sites excluding steroid dienone is 1. The Labute approximate surface area is 147 Å². The zero-order chi connectivity index (χ0) is 17.3. The van der Waals surface area contributed by atoms with Crippen molar-refractivity contribution in [1.29, 1.82) is 5.26 Å². The van der Waals surface area contributed by atoms with Gasteiger partial charge in [-0.25, -0.2) is 9.69 Å². The summed E-state index contributed by atoms with van der Waals surface area (Å²) >= 11 is 11.6. The quantitative estimate of drug-likeness (QED) is 0.588. The van der Waals surface area contributed by atoms with E-state index in [2.05, 4.69) is 0 Å². The van der Waals surface area contributed by atoms with Gasteiger partial charge >= 0.3 is 12.0 Å². The van der Waals surface area contributed by atoms with Crippen molar-refractivity contribution >= 4 is 46.5 Å². The first-order valence-electron chi connectivity index (χ1n) is 6.73. The lowest BCUT2D eigenvalue weighted by Gasteiger charge is -2.09. The van der Waals surface area contributed by atoms with Crippen LogP contribution in [0.15, 0.2) is 54.3 Å². The van der Waals surface area contributed by atoms with Crippen LogP contribution in [0.4, 0.5) is 10.5 Å². The highest BCUT2D eigenvalue weighted by molar-refractivity contribution is 6.31. The number of anilines is 1. The van der Waals surface area contributed by atoms with Crippen LogP contribution < -0.4 is 4.90 Å². The minimum Gasteiger partial charge on any atom is -0.402 e. The highest BCUT2D eigenvalue weighted by Gasteiger charge is 2.40. The fourth-order valence-electron chi connectivity index (χ4n) is 2.19. The van der Waals surface area contributed by atoms with E-state index in [9.17, 15) is 14.9 Å². The van der Waals surface area contributed by atoms with Crippen LogP contribution in [0.5, 0.6) is 0 Å². The van der Waals surface area contributed by atoms with Gasteiger partial charge in [0.1, 0.15) is 11.6 Å². The van der Waals surface area contributed by atoms with Gasteiger partial charge in [-0.2, -0.15) is 5.26 Å². The Hall–Kier alpha value is -2.81. The van der Waals surface area contributed by atoms with Gasteiger partial charge in [0.15, 0.2) is 0 Å². The molecule has 0 N–H and O–H groups in total. The number of nitrogens with zero attached hydrogens (tertiary/aromatic N) is 2. The molecule has 2 aromatic carbocycles. The smallest absolute Gasteiger partial charge is 0.402 e. The predicted molar refractivity (Wildman–Crippen MR) is 89.4 cm³/mol. The van der Waals surface area contributed by atoms with Gasteiger partial charge in [0.05, 0.1) is 5.69 Å². The molecule has 1 aliphatic rings. The molecule has 3 rings (SSSR count). The zero-order valence-corrected chi connectivity index (χ0v) is 13.5. The fraction of sp³-hybridized carbons (Fsp3) is 0. The molecule has 7 heteroatoms. The summed E-state index contributed by atoms with van der Waals surface area (Å²) in [5.41, 5.74) is 0.690. The molecule has 0 aromatic heterocycles. The molecule has 1 fully saturated rings. The van der Waals surface area contributed by atoms with Crippen LogP contribution in [0.25, 0.3) is 5.57 Å². The third-order valence-electron chi connectivity index (χ3n) is 3.33. The van der Waals surface area contributed by atoms with Crippen LogP contribution in [0, 0.1) is 11.3 Å². The van der Waals surface area contributed by atoms with E-state index in [0.29, 0.717) is 21.3 Å². The van der Waals surface area contributed by atoms with Crippen LogP contribution in [0.3, 0.4) is 0 Å². The van der Waals surface area contributed by atoms with E-state index in [1.54, 1.807) is 36.4 Å². The van der Waals surface area contributed by atoms with E-state index >= 15 is 0 Å². The normalized spacial score (nSPS) is 16.0. The second kappa shape index (κ2) is 6.36. The second-order valence-electron chi connectivity index (χ2n) is 4.81. The van der Waals surface area contributed by atoms with E-state index < -0.39 is 12.0 Å². The van der Waals surface area contributed by atoms with Crippen molar-refractivity contribution in [3.05, 3.63) is 69.9 Å². The number of halogens is 2. The van der Waals surface area contributed by atoms with Gasteiger partial charge in [-0.1, -0.05) is 35.3 Å². The Morgan fingerprint density at radius 1 is 0.958 bits per heavy atom. The molecule has 1 saturated heterocycles. The van der Waals surface area contributed by atoms with Gasteiger partial charge in [-0.3, -0.25) is 4.79 Å². The molecule has 0 aliphatic carbocycles. The van der Waals surface area contributed by atoms with Crippen molar-refractivity contribution < 1.29 is 14.3 Å². The number of amides is 2. The highest BCUT2D eigenvalue weighted by Crippen LogP contribution is 2.30. The van der Waals surface area contributed by atoms with E-state index in [-0.39, 0.29) is 11.3 Å². The lowest BCUT2D eigenvalue weighted by molar-refractivity contribution is -0.114. The molecule has 1 heterocycles. The molecule has 2 amide bonds. The number of nitriles is 1. The van der Waals surface area contributed by atoms with Crippen molar-refractivity contribution in [2.24, 2.45) is 0 Å². The molecule has 0 atom stereocenters. The minimum atomic E-state index is -0.876. The maximum absolute atomic E-state index is 12.6. The van der Waals surface area contributed by atoms with Crippen molar-refractivity contribution in [3.8, 4) is 6.07 Å². The number of benzene rings is 2.